The molecule has 58 heavy (non-hydrogen) atoms. The lowest BCUT2D eigenvalue weighted by molar-refractivity contribution is -0.220. The molecule has 1 rings (SSSR count). The molecule has 6 atom stereocenters. The number of carbonyl (C=O) groups is 1. The summed E-state index contributed by atoms with van der Waals surface area (Å²) >= 11 is 0. The molecule has 6 N–H and O–H groups in total. The molecule has 0 spiro atoms. The number of allylic oxidation sites excluding steroid dienone is 10. The van der Waals surface area contributed by atoms with Crippen LogP contribution in [-0.4, -0.2) is 98.9 Å². The standard InChI is InChI=1S/C45H79O12P/c1-3-5-7-9-11-13-15-17-18-19-20-21-22-23-24-26-28-30-32-34-39(46)56-38(36-54-35-33-31-29-27-25-16-14-12-10-8-6-4-2)37-55-58(52,53)57-45-43(50)41(48)40(47)42(49)44(45)51/h5,7,10-13,17-18,20-21,38,40-45,47-51H,3-4,6,8-9,14-16,19,22-37H2,1-2H3,(H,52,53)/b7-5-,12-10-,13-11-,18-17-,21-20-. The maximum absolute atomic E-state index is 12.8. The van der Waals surface area contributed by atoms with Gasteiger partial charge in [0.1, 0.15) is 42.7 Å². The van der Waals surface area contributed by atoms with E-state index < -0.39 is 63.1 Å². The summed E-state index contributed by atoms with van der Waals surface area (Å²) < 4.78 is 34.1. The van der Waals surface area contributed by atoms with Crippen LogP contribution in [0, 0.1) is 0 Å². The molecule has 0 amide bonds. The Morgan fingerprint density at radius 2 is 1.02 bits per heavy atom. The number of phosphoric acid groups is 1. The van der Waals surface area contributed by atoms with Crippen molar-refractivity contribution in [3.05, 3.63) is 60.8 Å². The van der Waals surface area contributed by atoms with Crippen molar-refractivity contribution >= 4 is 13.8 Å². The molecule has 1 fully saturated rings. The zero-order chi connectivity index (χ0) is 42.7. The van der Waals surface area contributed by atoms with Crippen LogP contribution in [0.1, 0.15) is 155 Å². The lowest BCUT2D eigenvalue weighted by atomic mass is 9.85. The molecule has 1 saturated carbocycles. The zero-order valence-electron chi connectivity index (χ0n) is 35.6. The number of esters is 1. The molecule has 0 saturated heterocycles. The van der Waals surface area contributed by atoms with E-state index in [0.717, 1.165) is 103 Å². The lowest BCUT2D eigenvalue weighted by Crippen LogP contribution is -2.64. The van der Waals surface area contributed by atoms with E-state index in [-0.39, 0.29) is 13.0 Å². The van der Waals surface area contributed by atoms with Crippen LogP contribution in [0.2, 0.25) is 0 Å². The van der Waals surface area contributed by atoms with E-state index in [1.807, 2.05) is 0 Å². The monoisotopic (exact) mass is 843 g/mol. The van der Waals surface area contributed by atoms with Gasteiger partial charge in [-0.15, -0.1) is 0 Å². The van der Waals surface area contributed by atoms with Gasteiger partial charge >= 0.3 is 13.8 Å². The summed E-state index contributed by atoms with van der Waals surface area (Å²) in [5, 5.41) is 50.1. The van der Waals surface area contributed by atoms with E-state index in [1.165, 1.54) is 25.7 Å². The Morgan fingerprint density at radius 3 is 1.57 bits per heavy atom. The van der Waals surface area contributed by atoms with Crippen LogP contribution < -0.4 is 0 Å². The Morgan fingerprint density at radius 1 is 0.569 bits per heavy atom. The first-order valence-electron chi connectivity index (χ1n) is 22.1. The summed E-state index contributed by atoms with van der Waals surface area (Å²) in [5.41, 5.74) is 0. The molecule has 0 bridgehead atoms. The third-order valence-corrected chi connectivity index (χ3v) is 10.9. The van der Waals surface area contributed by atoms with Crippen molar-refractivity contribution in [1.29, 1.82) is 0 Å². The number of carbonyl (C=O) groups excluding carboxylic acids is 1. The molecule has 0 aromatic heterocycles. The maximum Gasteiger partial charge on any atom is 0.472 e. The highest BCUT2D eigenvalue weighted by molar-refractivity contribution is 7.47. The van der Waals surface area contributed by atoms with Crippen molar-refractivity contribution in [3.8, 4) is 0 Å². The molecular weight excluding hydrogens is 763 g/mol. The van der Waals surface area contributed by atoms with Gasteiger partial charge < -0.3 is 39.9 Å². The minimum atomic E-state index is -5.02. The maximum atomic E-state index is 12.8. The van der Waals surface area contributed by atoms with Crippen molar-refractivity contribution in [3.63, 3.8) is 0 Å². The van der Waals surface area contributed by atoms with Gasteiger partial charge in [0.25, 0.3) is 0 Å². The van der Waals surface area contributed by atoms with Crippen LogP contribution in [-0.2, 0) is 27.9 Å². The van der Waals surface area contributed by atoms with Gasteiger partial charge in [-0.3, -0.25) is 13.8 Å². The second-order valence-corrected chi connectivity index (χ2v) is 16.6. The summed E-state index contributed by atoms with van der Waals surface area (Å²) in [6, 6.07) is 0. The predicted octanol–water partition coefficient (Wildman–Crippen LogP) is 8.64. The third-order valence-electron chi connectivity index (χ3n) is 9.87. The highest BCUT2D eigenvalue weighted by Crippen LogP contribution is 2.47. The molecule has 6 unspecified atom stereocenters. The third kappa shape index (κ3) is 27.7. The van der Waals surface area contributed by atoms with E-state index in [0.29, 0.717) is 13.0 Å². The summed E-state index contributed by atoms with van der Waals surface area (Å²) in [6.45, 7) is 4.06. The first-order valence-corrected chi connectivity index (χ1v) is 23.6. The fraction of sp³-hybridized carbons (Fsp3) is 0.756. The van der Waals surface area contributed by atoms with Gasteiger partial charge in [0.15, 0.2) is 0 Å². The zero-order valence-corrected chi connectivity index (χ0v) is 36.5. The number of aliphatic hydroxyl groups is 5. The largest absolute Gasteiger partial charge is 0.472 e. The number of hydrogen-bond donors (Lipinski definition) is 6. The Hall–Kier alpha value is -1.96. The second-order valence-electron chi connectivity index (χ2n) is 15.2. The molecule has 0 radical (unpaired) electrons. The minimum Gasteiger partial charge on any atom is -0.457 e. The summed E-state index contributed by atoms with van der Waals surface area (Å²) in [6.07, 6.45) is 31.5. The average molecular weight is 843 g/mol. The van der Waals surface area contributed by atoms with Gasteiger partial charge in [-0.25, -0.2) is 4.57 Å². The molecular formula is C45H79O12P. The van der Waals surface area contributed by atoms with E-state index in [4.69, 9.17) is 18.5 Å². The van der Waals surface area contributed by atoms with Crippen LogP contribution >= 0.6 is 7.82 Å². The fourth-order valence-corrected chi connectivity index (χ4v) is 7.30. The lowest BCUT2D eigenvalue weighted by Gasteiger charge is -2.41. The van der Waals surface area contributed by atoms with E-state index in [1.54, 1.807) is 0 Å². The van der Waals surface area contributed by atoms with Gasteiger partial charge in [0.2, 0.25) is 0 Å². The van der Waals surface area contributed by atoms with Gasteiger partial charge in [-0.05, 0) is 70.6 Å². The first kappa shape index (κ1) is 54.1. The van der Waals surface area contributed by atoms with Crippen LogP contribution in [0.25, 0.3) is 0 Å². The molecule has 1 aliphatic carbocycles. The fourth-order valence-electron chi connectivity index (χ4n) is 6.33. The molecule has 12 nitrogen and oxygen atoms in total. The SMILES string of the molecule is CC/C=C\C/C=C\C/C=C\C/C=C\CCCCCCCCC(=O)OC(COCCCCCCCC/C=C\CCCC)COP(=O)(O)OC1C(O)C(O)C(O)C(O)C1O. The second kappa shape index (κ2) is 35.8. The Bertz CT molecular complexity index is 1190. The average Bonchev–Trinajstić information content (AvgIpc) is 3.21. The van der Waals surface area contributed by atoms with Crippen molar-refractivity contribution in [2.24, 2.45) is 0 Å². The molecule has 0 aliphatic heterocycles. The predicted molar refractivity (Wildman–Crippen MR) is 230 cm³/mol. The van der Waals surface area contributed by atoms with Gasteiger partial charge in [-0.2, -0.15) is 0 Å². The number of hydrogen-bond acceptors (Lipinski definition) is 11. The topological polar surface area (TPSA) is 192 Å². The van der Waals surface area contributed by atoms with Crippen LogP contribution in [0.5, 0.6) is 0 Å². The normalized spacial score (nSPS) is 23.2. The van der Waals surface area contributed by atoms with Crippen LogP contribution in [0.3, 0.4) is 0 Å². The molecule has 0 aromatic rings. The molecule has 0 aromatic carbocycles. The smallest absolute Gasteiger partial charge is 0.457 e. The van der Waals surface area contributed by atoms with Gasteiger partial charge in [0, 0.05) is 13.0 Å². The Labute approximate surface area is 349 Å². The quantitative estimate of drug-likeness (QED) is 0.0153. The number of phosphoric ester groups is 1. The number of aliphatic hydroxyl groups excluding tert-OH is 5. The highest BCUT2D eigenvalue weighted by atomic mass is 31.2. The van der Waals surface area contributed by atoms with E-state index in [2.05, 4.69) is 74.6 Å². The molecule has 13 heteroatoms. The van der Waals surface area contributed by atoms with Crippen LogP contribution in [0.15, 0.2) is 60.8 Å². The molecule has 336 valence electrons. The summed E-state index contributed by atoms with van der Waals surface area (Å²) in [7, 11) is -5.02. The van der Waals surface area contributed by atoms with E-state index >= 15 is 0 Å². The number of rotatable bonds is 36. The molecule has 1 aliphatic rings. The van der Waals surface area contributed by atoms with Crippen molar-refractivity contribution in [1.82, 2.24) is 0 Å². The Kier molecular flexibility index (Phi) is 33.3. The van der Waals surface area contributed by atoms with Gasteiger partial charge in [0.05, 0.1) is 13.2 Å². The van der Waals surface area contributed by atoms with E-state index in [9.17, 15) is 39.8 Å². The number of unbranched alkanes of at least 4 members (excludes halogenated alkanes) is 14. The van der Waals surface area contributed by atoms with Crippen LogP contribution in [0.4, 0.5) is 0 Å². The summed E-state index contributed by atoms with van der Waals surface area (Å²) in [5.74, 6) is -0.496. The molecule has 0 heterocycles. The minimum absolute atomic E-state index is 0.0896. The Balaban J connectivity index is 2.42. The summed E-state index contributed by atoms with van der Waals surface area (Å²) in [4.78, 5) is 23.1. The number of ether oxygens (including phenoxy) is 2. The van der Waals surface area contributed by atoms with Crippen molar-refractivity contribution < 1.29 is 58.3 Å². The first-order chi connectivity index (χ1) is 28.0. The highest BCUT2D eigenvalue weighted by Gasteiger charge is 2.51. The van der Waals surface area contributed by atoms with Gasteiger partial charge in [-0.1, -0.05) is 139 Å². The van der Waals surface area contributed by atoms with Crippen molar-refractivity contribution in [2.75, 3.05) is 19.8 Å². The van der Waals surface area contributed by atoms with Crippen molar-refractivity contribution in [2.45, 2.75) is 198 Å².